The number of nitrogens with two attached hydrogens (primary N) is 1. The van der Waals surface area contributed by atoms with E-state index < -0.39 is 27.6 Å². The van der Waals surface area contributed by atoms with E-state index in [1.807, 2.05) is 0 Å². The van der Waals surface area contributed by atoms with Gasteiger partial charge in [0.2, 0.25) is 0 Å². The van der Waals surface area contributed by atoms with Crippen molar-refractivity contribution >= 4 is 27.6 Å². The zero-order valence-electron chi connectivity index (χ0n) is 11.6. The molecule has 0 radical (unpaired) electrons. The Kier molecular flexibility index (Phi) is 4.23. The van der Waals surface area contributed by atoms with Gasteiger partial charge in [-0.15, -0.1) is 0 Å². The van der Waals surface area contributed by atoms with E-state index in [0.717, 1.165) is 24.3 Å². The quantitative estimate of drug-likeness (QED) is 0.640. The molecule has 0 bridgehead atoms. The Bertz CT molecular complexity index is 892. The minimum atomic E-state index is -4.09. The lowest BCUT2D eigenvalue weighted by atomic mass is 10.2. The van der Waals surface area contributed by atoms with Crippen molar-refractivity contribution < 1.29 is 28.2 Å². The fourth-order valence-electron chi connectivity index (χ4n) is 1.81. The van der Waals surface area contributed by atoms with Crippen molar-refractivity contribution in [3.63, 3.8) is 0 Å². The van der Waals surface area contributed by atoms with Crippen LogP contribution in [0, 0.1) is 0 Å². The summed E-state index contributed by atoms with van der Waals surface area (Å²) in [5.41, 5.74) is 4.66. The highest BCUT2D eigenvalue weighted by Gasteiger charge is 2.18. The SMILES string of the molecule is NC(=O)c1cc(S(=O)(=O)Nc2cccc(C(=O)O)c2)ccc1O. The molecule has 8 nitrogen and oxygen atoms in total. The van der Waals surface area contributed by atoms with Gasteiger partial charge < -0.3 is 15.9 Å². The number of rotatable bonds is 5. The number of amides is 1. The first-order valence-electron chi connectivity index (χ1n) is 6.20. The van der Waals surface area contributed by atoms with Crippen LogP contribution in [0.15, 0.2) is 47.4 Å². The summed E-state index contributed by atoms with van der Waals surface area (Å²) in [6.07, 6.45) is 0. The maximum atomic E-state index is 12.3. The number of aromatic carboxylic acids is 1. The second-order valence-electron chi connectivity index (χ2n) is 4.53. The normalized spacial score (nSPS) is 11.0. The molecule has 0 aliphatic heterocycles. The summed E-state index contributed by atoms with van der Waals surface area (Å²) in [5.74, 6) is -2.62. The molecule has 2 aromatic carbocycles. The third-order valence-electron chi connectivity index (χ3n) is 2.91. The molecular weight excluding hydrogens is 324 g/mol. The van der Waals surface area contributed by atoms with Crippen LogP contribution in [0.25, 0.3) is 0 Å². The summed E-state index contributed by atoms with van der Waals surface area (Å²) in [4.78, 5) is 21.7. The number of benzene rings is 2. The van der Waals surface area contributed by atoms with Crippen molar-refractivity contribution in [2.24, 2.45) is 5.73 Å². The molecule has 0 fully saturated rings. The molecule has 0 saturated carbocycles. The molecule has 5 N–H and O–H groups in total. The summed E-state index contributed by atoms with van der Waals surface area (Å²) in [7, 11) is -4.09. The van der Waals surface area contributed by atoms with Gasteiger partial charge in [-0.2, -0.15) is 0 Å². The molecule has 23 heavy (non-hydrogen) atoms. The molecule has 1 amide bonds. The predicted molar refractivity (Wildman–Crippen MR) is 80.8 cm³/mol. The molecule has 0 aliphatic carbocycles. The monoisotopic (exact) mass is 336 g/mol. The van der Waals surface area contributed by atoms with Crippen molar-refractivity contribution in [1.82, 2.24) is 0 Å². The van der Waals surface area contributed by atoms with Crippen LogP contribution in [0.5, 0.6) is 5.75 Å². The third-order valence-corrected chi connectivity index (χ3v) is 4.28. The van der Waals surface area contributed by atoms with Crippen molar-refractivity contribution in [2.75, 3.05) is 4.72 Å². The van der Waals surface area contributed by atoms with Gasteiger partial charge in [0.05, 0.1) is 16.0 Å². The fraction of sp³-hybridized carbons (Fsp3) is 0. The second-order valence-corrected chi connectivity index (χ2v) is 6.22. The van der Waals surface area contributed by atoms with Crippen molar-refractivity contribution in [1.29, 1.82) is 0 Å². The number of carbonyl (C=O) groups excluding carboxylic acids is 1. The lowest BCUT2D eigenvalue weighted by Crippen LogP contribution is -2.16. The van der Waals surface area contributed by atoms with Crippen LogP contribution in [0.2, 0.25) is 0 Å². The van der Waals surface area contributed by atoms with Gasteiger partial charge in [0.15, 0.2) is 0 Å². The van der Waals surface area contributed by atoms with E-state index in [-0.39, 0.29) is 21.7 Å². The molecule has 9 heteroatoms. The van der Waals surface area contributed by atoms with Crippen molar-refractivity contribution in [3.8, 4) is 5.75 Å². The Morgan fingerprint density at radius 1 is 1.09 bits per heavy atom. The van der Waals surface area contributed by atoms with E-state index in [1.165, 1.54) is 18.2 Å². The first-order chi connectivity index (χ1) is 10.7. The van der Waals surface area contributed by atoms with E-state index in [1.54, 1.807) is 0 Å². The highest BCUT2D eigenvalue weighted by atomic mass is 32.2. The number of phenols is 1. The van der Waals surface area contributed by atoms with Gasteiger partial charge in [0, 0.05) is 5.69 Å². The summed E-state index contributed by atoms with van der Waals surface area (Å²) in [6, 6.07) is 8.27. The van der Waals surface area contributed by atoms with E-state index in [9.17, 15) is 23.1 Å². The number of carboxylic acid groups (broad SMARTS) is 1. The van der Waals surface area contributed by atoms with E-state index in [4.69, 9.17) is 10.8 Å². The smallest absolute Gasteiger partial charge is 0.335 e. The van der Waals surface area contributed by atoms with E-state index in [0.29, 0.717) is 0 Å². The van der Waals surface area contributed by atoms with Crippen LogP contribution < -0.4 is 10.5 Å². The van der Waals surface area contributed by atoms with Gasteiger partial charge in [-0.25, -0.2) is 13.2 Å². The molecule has 0 unspecified atom stereocenters. The predicted octanol–water partition coefficient (Wildman–Crippen LogP) is 0.990. The lowest BCUT2D eigenvalue weighted by Gasteiger charge is -2.10. The number of hydrogen-bond acceptors (Lipinski definition) is 5. The first-order valence-corrected chi connectivity index (χ1v) is 7.68. The molecule has 2 aromatic rings. The zero-order valence-corrected chi connectivity index (χ0v) is 12.4. The molecule has 0 saturated heterocycles. The number of carboxylic acids is 1. The van der Waals surface area contributed by atoms with Gasteiger partial charge in [-0.05, 0) is 36.4 Å². The molecule has 0 aliphatic rings. The minimum Gasteiger partial charge on any atom is -0.507 e. The third kappa shape index (κ3) is 3.58. The molecule has 0 spiro atoms. The van der Waals surface area contributed by atoms with Crippen molar-refractivity contribution in [3.05, 3.63) is 53.6 Å². The summed E-state index contributed by atoms with van der Waals surface area (Å²) < 4.78 is 26.7. The molecule has 0 heterocycles. The van der Waals surface area contributed by atoms with Crippen molar-refractivity contribution in [2.45, 2.75) is 4.90 Å². The number of aromatic hydroxyl groups is 1. The Labute approximate surface area is 131 Å². The maximum absolute atomic E-state index is 12.3. The molecule has 0 atom stereocenters. The zero-order chi connectivity index (χ0) is 17.2. The number of hydrogen-bond donors (Lipinski definition) is 4. The Hall–Kier alpha value is -3.07. The Balaban J connectivity index is 2.40. The van der Waals surface area contributed by atoms with E-state index in [2.05, 4.69) is 4.72 Å². The summed E-state index contributed by atoms with van der Waals surface area (Å²) in [6.45, 7) is 0. The minimum absolute atomic E-state index is 0.0404. The number of anilines is 1. The summed E-state index contributed by atoms with van der Waals surface area (Å²) in [5, 5.41) is 18.4. The van der Waals surface area contributed by atoms with Crippen LogP contribution in [0.3, 0.4) is 0 Å². The largest absolute Gasteiger partial charge is 0.507 e. The van der Waals surface area contributed by atoms with Crippen LogP contribution in [0.4, 0.5) is 5.69 Å². The van der Waals surface area contributed by atoms with E-state index >= 15 is 0 Å². The Morgan fingerprint density at radius 2 is 1.78 bits per heavy atom. The number of nitrogens with one attached hydrogen (secondary N) is 1. The lowest BCUT2D eigenvalue weighted by molar-refractivity contribution is 0.0696. The van der Waals surface area contributed by atoms with Gasteiger partial charge in [-0.3, -0.25) is 9.52 Å². The maximum Gasteiger partial charge on any atom is 0.335 e. The van der Waals surface area contributed by atoms with Crippen LogP contribution in [-0.4, -0.2) is 30.5 Å². The number of carbonyl (C=O) groups is 2. The molecule has 2 rings (SSSR count). The molecule has 0 aromatic heterocycles. The standard InChI is InChI=1S/C14H12N2O6S/c15-13(18)11-7-10(4-5-12(11)17)23(21,22)16-9-3-1-2-8(6-9)14(19)20/h1-7,16-17H,(H2,15,18)(H,19,20). The highest BCUT2D eigenvalue weighted by Crippen LogP contribution is 2.23. The number of sulfonamides is 1. The summed E-state index contributed by atoms with van der Waals surface area (Å²) >= 11 is 0. The topological polar surface area (TPSA) is 147 Å². The van der Waals surface area contributed by atoms with Crippen LogP contribution in [0.1, 0.15) is 20.7 Å². The molecular formula is C14H12N2O6S. The second kappa shape index (κ2) is 5.97. The average Bonchev–Trinajstić information content (AvgIpc) is 2.46. The van der Waals surface area contributed by atoms with Crippen LogP contribution in [-0.2, 0) is 10.0 Å². The number of primary amides is 1. The first kappa shape index (κ1) is 16.3. The average molecular weight is 336 g/mol. The Morgan fingerprint density at radius 3 is 2.39 bits per heavy atom. The molecule has 120 valence electrons. The highest BCUT2D eigenvalue weighted by molar-refractivity contribution is 7.92. The van der Waals surface area contributed by atoms with Gasteiger partial charge in [0.25, 0.3) is 15.9 Å². The fourth-order valence-corrected chi connectivity index (χ4v) is 2.88. The van der Waals surface area contributed by atoms with Gasteiger partial charge in [-0.1, -0.05) is 6.07 Å². The van der Waals surface area contributed by atoms with Crippen LogP contribution >= 0.6 is 0 Å². The van der Waals surface area contributed by atoms with Gasteiger partial charge in [0.1, 0.15) is 5.75 Å². The van der Waals surface area contributed by atoms with Gasteiger partial charge >= 0.3 is 5.97 Å².